The van der Waals surface area contributed by atoms with Gasteiger partial charge in [0, 0.05) is 47.8 Å². The van der Waals surface area contributed by atoms with Crippen molar-refractivity contribution in [1.82, 2.24) is 20.6 Å². The molecule has 0 bridgehead atoms. The molecule has 63 heavy (non-hydrogen) atoms. The summed E-state index contributed by atoms with van der Waals surface area (Å²) in [6.45, 7) is 6.97. The molecule has 0 aliphatic rings. The number of nitrogens with one attached hydrogen (secondary N) is 2. The summed E-state index contributed by atoms with van der Waals surface area (Å²) in [6, 6.07) is 15.7. The molecule has 2 heterocycles. The first-order chi connectivity index (χ1) is 30.1. The van der Waals surface area contributed by atoms with Gasteiger partial charge in [-0.25, -0.2) is 19.6 Å². The summed E-state index contributed by atoms with van der Waals surface area (Å²) in [4.78, 5) is 60.5. The normalized spacial score (nSPS) is 12.4. The van der Waals surface area contributed by atoms with E-state index in [1.165, 1.54) is 18.0 Å². The van der Waals surface area contributed by atoms with Crippen LogP contribution in [-0.2, 0) is 34.4 Å². The van der Waals surface area contributed by atoms with Gasteiger partial charge >= 0.3 is 11.9 Å². The predicted molar refractivity (Wildman–Crippen MR) is 236 cm³/mol. The number of thioether (sulfide) groups is 1. The maximum absolute atomic E-state index is 13.5. The first-order valence-electron chi connectivity index (χ1n) is 20.2. The molecule has 0 spiro atoms. The highest BCUT2D eigenvalue weighted by molar-refractivity contribution is 7.98. The Kier molecular flexibility index (Phi) is 19.2. The van der Waals surface area contributed by atoms with Gasteiger partial charge in [-0.2, -0.15) is 10.5 Å². The maximum Gasteiger partial charge on any atom is 0.329 e. The van der Waals surface area contributed by atoms with Gasteiger partial charge in [-0.1, -0.05) is 63.2 Å². The fourth-order valence-corrected chi connectivity index (χ4v) is 7.14. The lowest BCUT2D eigenvalue weighted by molar-refractivity contribution is -0.164. The molecule has 4 aromatic rings. The van der Waals surface area contributed by atoms with Gasteiger partial charge < -0.3 is 46.5 Å². The number of esters is 2. The lowest BCUT2D eigenvalue weighted by Crippen LogP contribution is -2.46. The summed E-state index contributed by atoms with van der Waals surface area (Å²) < 4.78 is 23.1. The topological polar surface area (TPSA) is 285 Å². The van der Waals surface area contributed by atoms with Crippen LogP contribution >= 0.6 is 23.4 Å². The molecule has 0 saturated heterocycles. The van der Waals surface area contributed by atoms with E-state index < -0.39 is 48.5 Å². The molecule has 0 fully saturated rings. The Labute approximate surface area is 375 Å². The third kappa shape index (κ3) is 15.0. The number of carbonyl (C=O) groups excluding carboxylic acids is 4. The minimum absolute atomic E-state index is 0.00245. The van der Waals surface area contributed by atoms with Gasteiger partial charge in [0.15, 0.2) is 6.10 Å². The first-order valence-corrected chi connectivity index (χ1v) is 21.6. The number of oxazole rings is 1. The van der Waals surface area contributed by atoms with Crippen molar-refractivity contribution in [2.24, 2.45) is 23.3 Å². The maximum atomic E-state index is 13.5. The summed E-state index contributed by atoms with van der Waals surface area (Å²) in [5, 5.41) is 26.6. The number of halogens is 1. The van der Waals surface area contributed by atoms with Crippen LogP contribution in [0.1, 0.15) is 70.2 Å². The number of ether oxygens (including phenoxy) is 3. The van der Waals surface area contributed by atoms with E-state index in [4.69, 9.17) is 47.4 Å². The summed E-state index contributed by atoms with van der Waals surface area (Å²) in [7, 11) is 0. The number of hydrogen-bond donors (Lipinski definition) is 5. The van der Waals surface area contributed by atoms with Crippen LogP contribution in [0.3, 0.4) is 0 Å². The second-order valence-corrected chi connectivity index (χ2v) is 16.6. The molecule has 0 aliphatic heterocycles. The number of nitrogen functional groups attached to an aromatic ring is 1. The van der Waals surface area contributed by atoms with Crippen LogP contribution < -0.4 is 32.6 Å². The second-order valence-electron chi connectivity index (χ2n) is 15.2. The number of nitriles is 2. The van der Waals surface area contributed by atoms with E-state index in [0.717, 1.165) is 5.56 Å². The van der Waals surface area contributed by atoms with E-state index in [1.54, 1.807) is 48.5 Å². The van der Waals surface area contributed by atoms with Crippen molar-refractivity contribution >= 4 is 52.9 Å². The Hall–Kier alpha value is -6.18. The van der Waals surface area contributed by atoms with E-state index in [0.29, 0.717) is 27.9 Å². The highest BCUT2D eigenvalue weighted by atomic mass is 35.5. The average Bonchev–Trinajstić information content (AvgIpc) is 3.72. The van der Waals surface area contributed by atoms with Gasteiger partial charge in [-0.05, 0) is 66.6 Å². The fraction of sp³-hybridized carbons (Fsp3) is 0.409. The minimum atomic E-state index is -1.16. The smallest absolute Gasteiger partial charge is 0.329 e. The zero-order chi connectivity index (χ0) is 46.1. The Morgan fingerprint density at radius 1 is 0.810 bits per heavy atom. The Balaban J connectivity index is 1.55. The monoisotopic (exact) mass is 901 g/mol. The third-order valence-electron chi connectivity index (χ3n) is 9.08. The Morgan fingerprint density at radius 2 is 1.38 bits per heavy atom. The summed E-state index contributed by atoms with van der Waals surface area (Å²) >= 11 is 7.21. The molecule has 17 nitrogen and oxygen atoms in total. The highest BCUT2D eigenvalue weighted by Gasteiger charge is 2.30. The van der Waals surface area contributed by atoms with Crippen molar-refractivity contribution < 1.29 is 37.8 Å². The number of nitrogens with zero attached hydrogens (tertiary/aromatic N) is 4. The van der Waals surface area contributed by atoms with Crippen LogP contribution in [0.4, 0.5) is 5.82 Å². The van der Waals surface area contributed by atoms with Crippen molar-refractivity contribution in [3.05, 3.63) is 76.6 Å². The lowest BCUT2D eigenvalue weighted by atomic mass is 9.97. The van der Waals surface area contributed by atoms with Gasteiger partial charge in [0.25, 0.3) is 0 Å². The molecule has 0 aliphatic carbocycles. The molecule has 19 heteroatoms. The summed E-state index contributed by atoms with van der Waals surface area (Å²) in [5.41, 5.74) is 19.5. The first kappa shape index (κ1) is 49.5. The number of benzene rings is 2. The largest absolute Gasteiger partial charge is 0.490 e. The molecule has 3 atom stereocenters. The van der Waals surface area contributed by atoms with E-state index in [2.05, 4.69) is 32.7 Å². The van der Waals surface area contributed by atoms with Gasteiger partial charge in [-0.15, -0.1) is 0 Å². The SMILES string of the molecule is CC(C)C[C@H](NC(=O)CCN)C(=O)OC[C@H](COc1ccc(-c2c(C#N)c(N)nc(SCc3coc(-c4ccc(Cl)cc4)n3)c2C#N)cc1)OC(=O)[C@H](CC(C)C)NC(=O)CCN. The number of nitrogens with two attached hydrogens (primary N) is 3. The molecule has 0 saturated carbocycles. The summed E-state index contributed by atoms with van der Waals surface area (Å²) in [5.74, 6) is -1.44. The van der Waals surface area contributed by atoms with Crippen molar-refractivity contribution in [2.45, 2.75) is 82.3 Å². The standard InChI is InChI=1S/C44H52ClN9O8S/c1-25(2)17-35(52-37(55)13-15-46)43(57)61-23-32(62-44(58)36(18-26(3)4)53-38(56)14-16-47)22-59-31-11-7-27(8-12-31)39-33(19-48)40(50)54-42(34(39)20-49)63-24-30-21-60-41(51-30)28-5-9-29(45)10-6-28/h5-12,21,25-26,32,35-36H,13-18,22-24,46-47H2,1-4H3,(H2,50,54)(H,52,55)(H,53,56)/t32-,35-,36-/m0/s1. The van der Waals surface area contributed by atoms with Gasteiger partial charge in [0.2, 0.25) is 17.7 Å². The van der Waals surface area contributed by atoms with Gasteiger partial charge in [0.05, 0.1) is 11.3 Å². The molecular formula is C44H52ClN9O8S. The predicted octanol–water partition coefficient (Wildman–Crippen LogP) is 5.27. The van der Waals surface area contributed by atoms with Crippen LogP contribution in [0.15, 0.2) is 64.2 Å². The molecule has 2 aromatic heterocycles. The number of rotatable bonds is 23. The number of hydrogen-bond acceptors (Lipinski definition) is 16. The number of aromatic nitrogens is 2. The van der Waals surface area contributed by atoms with E-state index in [1.807, 2.05) is 27.7 Å². The molecule has 0 radical (unpaired) electrons. The van der Waals surface area contributed by atoms with Crippen molar-refractivity contribution in [3.8, 4) is 40.5 Å². The van der Waals surface area contributed by atoms with Crippen LogP contribution in [-0.4, -0.2) is 78.2 Å². The minimum Gasteiger partial charge on any atom is -0.490 e. The molecular weight excluding hydrogens is 850 g/mol. The van der Waals surface area contributed by atoms with Gasteiger partial charge in [-0.3, -0.25) is 9.59 Å². The molecule has 2 amide bonds. The number of pyridine rings is 1. The Morgan fingerprint density at radius 3 is 1.94 bits per heavy atom. The molecule has 2 aromatic carbocycles. The number of amides is 2. The zero-order valence-corrected chi connectivity index (χ0v) is 37.1. The fourth-order valence-electron chi connectivity index (χ4n) is 6.14. The highest BCUT2D eigenvalue weighted by Crippen LogP contribution is 2.37. The van der Waals surface area contributed by atoms with Crippen LogP contribution in [0.5, 0.6) is 5.75 Å². The van der Waals surface area contributed by atoms with E-state index in [9.17, 15) is 29.7 Å². The van der Waals surface area contributed by atoms with E-state index in [-0.39, 0.29) is 90.5 Å². The Bertz CT molecular complexity index is 2270. The number of anilines is 1. The van der Waals surface area contributed by atoms with Crippen LogP contribution in [0, 0.1) is 34.5 Å². The number of carbonyl (C=O) groups is 4. The zero-order valence-electron chi connectivity index (χ0n) is 35.5. The van der Waals surface area contributed by atoms with Crippen molar-refractivity contribution in [3.63, 3.8) is 0 Å². The van der Waals surface area contributed by atoms with Crippen molar-refractivity contribution in [1.29, 1.82) is 10.5 Å². The van der Waals surface area contributed by atoms with E-state index >= 15 is 0 Å². The third-order valence-corrected chi connectivity index (χ3v) is 10.3. The van der Waals surface area contributed by atoms with Crippen molar-refractivity contribution in [2.75, 3.05) is 32.0 Å². The molecule has 0 unspecified atom stereocenters. The second kappa shape index (κ2) is 24.5. The molecule has 4 rings (SSSR count). The van der Waals surface area contributed by atoms with Crippen LogP contribution in [0.2, 0.25) is 5.02 Å². The molecule has 334 valence electrons. The van der Waals surface area contributed by atoms with Gasteiger partial charge in [0.1, 0.15) is 65.9 Å². The average molecular weight is 902 g/mol. The lowest BCUT2D eigenvalue weighted by Gasteiger charge is -2.25. The molecule has 8 N–H and O–H groups in total. The summed E-state index contributed by atoms with van der Waals surface area (Å²) in [6.07, 6.45) is 0.900. The van der Waals surface area contributed by atoms with Crippen LogP contribution in [0.25, 0.3) is 22.6 Å². The quantitative estimate of drug-likeness (QED) is 0.0468.